The summed E-state index contributed by atoms with van der Waals surface area (Å²) < 4.78 is 0. The minimum absolute atomic E-state index is 0.136. The van der Waals surface area contributed by atoms with Gasteiger partial charge in [-0.15, -0.1) is 0 Å². The van der Waals surface area contributed by atoms with Crippen LogP contribution in [0.25, 0.3) is 0 Å². The number of thiocarbonyl (C=S) groups is 1. The Balaban J connectivity index is 3.28. The quantitative estimate of drug-likeness (QED) is 0.419. The molecule has 9 heavy (non-hydrogen) atoms. The van der Waals surface area contributed by atoms with E-state index in [2.05, 4.69) is 22.9 Å². The van der Waals surface area contributed by atoms with Crippen LogP contribution >= 0.6 is 12.2 Å². The second-order valence-corrected chi connectivity index (χ2v) is 1.83. The molecule has 0 rings (SSSR count). The average Bonchev–Trinajstić information content (AvgIpc) is 1.83. The minimum atomic E-state index is -0.136. The molecule has 0 heterocycles. The molecule has 1 amide bonds. The Morgan fingerprint density at radius 2 is 2.33 bits per heavy atom. The van der Waals surface area contributed by atoms with E-state index in [1.165, 1.54) is 0 Å². The molecule has 0 aromatic rings. The Labute approximate surface area is 58.8 Å². The summed E-state index contributed by atoms with van der Waals surface area (Å²) in [5.41, 5.74) is 5.04. The second kappa shape index (κ2) is 4.08. The Morgan fingerprint density at radius 3 is 2.67 bits per heavy atom. The van der Waals surface area contributed by atoms with Gasteiger partial charge in [-0.3, -0.25) is 4.79 Å². The van der Waals surface area contributed by atoms with Crippen LogP contribution in [-0.2, 0) is 4.79 Å². The molecule has 0 saturated heterocycles. The first-order valence-corrected chi connectivity index (χ1v) is 2.81. The van der Waals surface area contributed by atoms with Gasteiger partial charge in [-0.2, -0.15) is 0 Å². The van der Waals surface area contributed by atoms with Gasteiger partial charge in [0, 0.05) is 7.05 Å². The second-order valence-electron chi connectivity index (χ2n) is 1.39. The van der Waals surface area contributed by atoms with Crippen LogP contribution in [0.2, 0.25) is 0 Å². The Bertz CT molecular complexity index is 125. The number of nitrogens with two attached hydrogens (primary N) is 1. The maximum atomic E-state index is 10.4. The van der Waals surface area contributed by atoms with E-state index in [1.54, 1.807) is 7.05 Å². The van der Waals surface area contributed by atoms with Crippen LogP contribution in [0.15, 0.2) is 0 Å². The molecule has 52 valence electrons. The van der Waals surface area contributed by atoms with Gasteiger partial charge in [0.25, 0.3) is 0 Å². The molecule has 0 unspecified atom stereocenters. The third-order valence-electron chi connectivity index (χ3n) is 0.702. The van der Waals surface area contributed by atoms with E-state index in [9.17, 15) is 4.79 Å². The standard InChI is InChI=1S/C4H9N3OS/c1-6-3(8)2-7-4(5)9/h2H2,1H3,(H,6,8)(H3,5,7,9). The van der Waals surface area contributed by atoms with E-state index in [4.69, 9.17) is 5.73 Å². The van der Waals surface area contributed by atoms with Gasteiger partial charge in [-0.25, -0.2) is 0 Å². The summed E-state index contributed by atoms with van der Waals surface area (Å²) in [6, 6.07) is 0. The molecule has 0 aliphatic rings. The number of carbonyl (C=O) groups excluding carboxylic acids is 1. The minimum Gasteiger partial charge on any atom is -0.376 e. The van der Waals surface area contributed by atoms with Crippen molar-refractivity contribution in [3.8, 4) is 0 Å². The summed E-state index contributed by atoms with van der Waals surface area (Å²) in [4.78, 5) is 10.4. The van der Waals surface area contributed by atoms with Crippen LogP contribution < -0.4 is 16.4 Å². The van der Waals surface area contributed by atoms with Crippen molar-refractivity contribution in [2.45, 2.75) is 0 Å². The molecule has 0 atom stereocenters. The summed E-state index contributed by atoms with van der Waals surface area (Å²) >= 11 is 4.45. The predicted molar refractivity (Wildman–Crippen MR) is 38.9 cm³/mol. The van der Waals surface area contributed by atoms with Gasteiger partial charge in [-0.05, 0) is 12.2 Å². The highest BCUT2D eigenvalue weighted by Gasteiger charge is 1.94. The summed E-state index contributed by atoms with van der Waals surface area (Å²) in [7, 11) is 1.55. The number of likely N-dealkylation sites (N-methyl/N-ethyl adjacent to an activating group) is 1. The zero-order chi connectivity index (χ0) is 7.28. The number of hydrogen-bond acceptors (Lipinski definition) is 2. The third kappa shape index (κ3) is 5.02. The van der Waals surface area contributed by atoms with E-state index in [0.717, 1.165) is 0 Å². The molecular formula is C4H9N3OS. The van der Waals surface area contributed by atoms with Crippen molar-refractivity contribution in [1.82, 2.24) is 10.6 Å². The van der Waals surface area contributed by atoms with Gasteiger partial charge in [0.1, 0.15) is 0 Å². The van der Waals surface area contributed by atoms with Gasteiger partial charge < -0.3 is 16.4 Å². The van der Waals surface area contributed by atoms with Crippen LogP contribution in [-0.4, -0.2) is 24.6 Å². The van der Waals surface area contributed by atoms with Crippen molar-refractivity contribution in [3.63, 3.8) is 0 Å². The lowest BCUT2D eigenvalue weighted by Crippen LogP contribution is -2.37. The van der Waals surface area contributed by atoms with Gasteiger partial charge >= 0.3 is 0 Å². The molecule has 5 heteroatoms. The Kier molecular flexibility index (Phi) is 3.70. The number of amides is 1. The molecule has 0 aromatic heterocycles. The van der Waals surface area contributed by atoms with Crippen LogP contribution in [0.3, 0.4) is 0 Å². The summed E-state index contributed by atoms with van der Waals surface area (Å²) in [5.74, 6) is -0.136. The Hall–Kier alpha value is -0.840. The zero-order valence-electron chi connectivity index (χ0n) is 5.10. The summed E-state index contributed by atoms with van der Waals surface area (Å²) in [6.45, 7) is 0.145. The molecule has 0 bridgehead atoms. The fraction of sp³-hybridized carbons (Fsp3) is 0.500. The van der Waals surface area contributed by atoms with Crippen molar-refractivity contribution in [1.29, 1.82) is 0 Å². The highest BCUT2D eigenvalue weighted by molar-refractivity contribution is 7.80. The fourth-order valence-corrected chi connectivity index (χ4v) is 0.328. The highest BCUT2D eigenvalue weighted by Crippen LogP contribution is 1.59. The smallest absolute Gasteiger partial charge is 0.239 e. The lowest BCUT2D eigenvalue weighted by Gasteiger charge is -2.00. The van der Waals surface area contributed by atoms with Crippen molar-refractivity contribution < 1.29 is 4.79 Å². The lowest BCUT2D eigenvalue weighted by molar-refractivity contribution is -0.119. The normalized spacial score (nSPS) is 8.11. The molecule has 4 nitrogen and oxygen atoms in total. The van der Waals surface area contributed by atoms with E-state index >= 15 is 0 Å². The first-order valence-electron chi connectivity index (χ1n) is 2.40. The third-order valence-corrected chi connectivity index (χ3v) is 0.846. The maximum absolute atomic E-state index is 10.4. The molecular weight excluding hydrogens is 138 g/mol. The molecule has 0 aliphatic carbocycles. The average molecular weight is 147 g/mol. The lowest BCUT2D eigenvalue weighted by atomic mass is 10.6. The molecule has 4 N–H and O–H groups in total. The van der Waals surface area contributed by atoms with Gasteiger partial charge in [-0.1, -0.05) is 0 Å². The number of rotatable bonds is 2. The Morgan fingerprint density at radius 1 is 1.78 bits per heavy atom. The number of carbonyl (C=O) groups is 1. The zero-order valence-corrected chi connectivity index (χ0v) is 5.92. The number of hydrogen-bond donors (Lipinski definition) is 3. The fourth-order valence-electron chi connectivity index (χ4n) is 0.256. The van der Waals surface area contributed by atoms with Crippen LogP contribution in [0, 0.1) is 0 Å². The monoisotopic (exact) mass is 147 g/mol. The van der Waals surface area contributed by atoms with Crippen LogP contribution in [0.4, 0.5) is 0 Å². The van der Waals surface area contributed by atoms with Gasteiger partial charge in [0.2, 0.25) is 5.91 Å². The van der Waals surface area contributed by atoms with Crippen molar-refractivity contribution >= 4 is 23.2 Å². The predicted octanol–water partition coefficient (Wildman–Crippen LogP) is -1.43. The summed E-state index contributed by atoms with van der Waals surface area (Å²) in [5, 5.41) is 5.03. The first-order chi connectivity index (χ1) is 4.16. The van der Waals surface area contributed by atoms with E-state index in [-0.39, 0.29) is 17.6 Å². The van der Waals surface area contributed by atoms with E-state index < -0.39 is 0 Å². The van der Waals surface area contributed by atoms with Crippen molar-refractivity contribution in [2.75, 3.05) is 13.6 Å². The first kappa shape index (κ1) is 8.16. The summed E-state index contributed by atoms with van der Waals surface area (Å²) in [6.07, 6.45) is 0. The molecule has 0 spiro atoms. The van der Waals surface area contributed by atoms with Gasteiger partial charge in [0.05, 0.1) is 6.54 Å². The molecule has 0 fully saturated rings. The van der Waals surface area contributed by atoms with E-state index in [0.29, 0.717) is 0 Å². The van der Waals surface area contributed by atoms with Gasteiger partial charge in [0.15, 0.2) is 5.11 Å². The molecule has 0 aliphatic heterocycles. The van der Waals surface area contributed by atoms with E-state index in [1.807, 2.05) is 0 Å². The number of nitrogens with one attached hydrogen (secondary N) is 2. The van der Waals surface area contributed by atoms with Crippen LogP contribution in [0.5, 0.6) is 0 Å². The van der Waals surface area contributed by atoms with Crippen molar-refractivity contribution in [2.24, 2.45) is 5.73 Å². The molecule has 0 aromatic carbocycles. The van der Waals surface area contributed by atoms with Crippen LogP contribution in [0.1, 0.15) is 0 Å². The SMILES string of the molecule is CNC(=O)CNC(N)=S. The van der Waals surface area contributed by atoms with Crippen molar-refractivity contribution in [3.05, 3.63) is 0 Å². The largest absolute Gasteiger partial charge is 0.376 e. The maximum Gasteiger partial charge on any atom is 0.239 e. The molecule has 0 radical (unpaired) electrons. The topological polar surface area (TPSA) is 67.2 Å². The molecule has 0 saturated carbocycles. The highest BCUT2D eigenvalue weighted by atomic mass is 32.1.